The molecule has 1 N–H and O–H groups in total. The molecular weight excluding hydrogens is 264 g/mol. The lowest BCUT2D eigenvalue weighted by Crippen LogP contribution is -2.28. The van der Waals surface area contributed by atoms with Gasteiger partial charge in [0.15, 0.2) is 0 Å². The van der Waals surface area contributed by atoms with E-state index >= 15 is 0 Å². The van der Waals surface area contributed by atoms with Crippen LogP contribution < -0.4 is 5.43 Å². The van der Waals surface area contributed by atoms with Crippen molar-refractivity contribution in [3.05, 3.63) is 45.2 Å². The first-order valence-electron chi connectivity index (χ1n) is 5.97. The number of nitrogens with one attached hydrogen (secondary N) is 1. The molecule has 0 saturated carbocycles. The number of nitroso groups, excluding NO2 is 2. The third kappa shape index (κ3) is 2.80. The maximum atomic E-state index is 11.4. The fourth-order valence-corrected chi connectivity index (χ4v) is 1.72. The number of hydrazine groups is 1. The van der Waals surface area contributed by atoms with E-state index in [1.807, 2.05) is 0 Å². The molecule has 8 heteroatoms. The first-order chi connectivity index (χ1) is 9.46. The maximum Gasteiger partial charge on any atom is 0.316 e. The number of hydrogen-bond donors (Lipinski definition) is 1. The molecule has 0 aromatic heterocycles. The minimum absolute atomic E-state index is 0.114. The van der Waals surface area contributed by atoms with Crippen LogP contribution in [0.2, 0.25) is 0 Å². The molecule has 0 unspecified atom stereocenters. The minimum Gasteiger partial charge on any atom is -0.491 e. The number of ether oxygens (including phenoxy) is 1. The van der Waals surface area contributed by atoms with Crippen molar-refractivity contribution in [2.45, 2.75) is 19.4 Å². The van der Waals surface area contributed by atoms with Gasteiger partial charge in [0.1, 0.15) is 17.9 Å². The molecule has 2 aliphatic heterocycles. The summed E-state index contributed by atoms with van der Waals surface area (Å²) in [5, 5.41) is 6.98. The van der Waals surface area contributed by atoms with Crippen LogP contribution in [-0.2, 0) is 9.53 Å². The number of allylic oxidation sites excluding steroid dienone is 2. The fraction of sp³-hybridized carbons (Fsp3) is 0.417. The van der Waals surface area contributed by atoms with E-state index in [1.54, 1.807) is 37.2 Å². The lowest BCUT2D eigenvalue weighted by Gasteiger charge is -2.22. The van der Waals surface area contributed by atoms with Crippen molar-refractivity contribution in [1.82, 2.24) is 10.4 Å². The zero-order valence-electron chi connectivity index (χ0n) is 11.1. The average Bonchev–Trinajstić information content (AvgIpc) is 2.87. The van der Waals surface area contributed by atoms with Crippen LogP contribution in [0.1, 0.15) is 13.8 Å². The van der Waals surface area contributed by atoms with Crippen LogP contribution >= 0.6 is 0 Å². The standard InChI is InChI=1S/C12H14N4O4/c1-12(2,15-19)7-20-8-3-4-16-10(5-8)9(6-13-16)11(17)14-18/h3-5,13H,6-7H2,1-2H3. The quantitative estimate of drug-likeness (QED) is 0.761. The highest BCUT2D eigenvalue weighted by Crippen LogP contribution is 2.25. The average molecular weight is 278 g/mol. The Balaban J connectivity index is 2.17. The largest absolute Gasteiger partial charge is 0.491 e. The Kier molecular flexibility index (Phi) is 3.75. The summed E-state index contributed by atoms with van der Waals surface area (Å²) in [6.45, 7) is 3.65. The van der Waals surface area contributed by atoms with Gasteiger partial charge < -0.3 is 4.74 Å². The number of carbonyl (C=O) groups excluding carboxylic acids is 1. The van der Waals surface area contributed by atoms with Crippen LogP contribution in [0.25, 0.3) is 0 Å². The number of fused-ring (bicyclic) bond motifs is 1. The zero-order valence-corrected chi connectivity index (χ0v) is 11.1. The number of rotatable bonds is 5. The monoisotopic (exact) mass is 278 g/mol. The van der Waals surface area contributed by atoms with Gasteiger partial charge in [-0.3, -0.25) is 9.80 Å². The third-order valence-electron chi connectivity index (χ3n) is 2.84. The number of carbonyl (C=O) groups is 1. The molecule has 2 aliphatic rings. The van der Waals surface area contributed by atoms with Gasteiger partial charge in [-0.25, -0.2) is 5.43 Å². The molecule has 0 atom stereocenters. The third-order valence-corrected chi connectivity index (χ3v) is 2.84. The Morgan fingerprint density at radius 1 is 1.50 bits per heavy atom. The molecule has 0 saturated heterocycles. The normalized spacial score (nSPS) is 17.7. The van der Waals surface area contributed by atoms with Gasteiger partial charge in [0.25, 0.3) is 0 Å². The van der Waals surface area contributed by atoms with E-state index < -0.39 is 11.4 Å². The molecule has 106 valence electrons. The smallest absolute Gasteiger partial charge is 0.316 e. The van der Waals surface area contributed by atoms with Crippen molar-refractivity contribution in [3.8, 4) is 0 Å². The van der Waals surface area contributed by atoms with Crippen LogP contribution in [0, 0.1) is 9.81 Å². The highest BCUT2D eigenvalue weighted by molar-refractivity contribution is 5.96. The summed E-state index contributed by atoms with van der Waals surface area (Å²) in [6, 6.07) is 0. The molecule has 0 aromatic rings. The number of amides is 1. The second-order valence-corrected chi connectivity index (χ2v) is 5.02. The van der Waals surface area contributed by atoms with Crippen LogP contribution in [0.15, 0.2) is 45.7 Å². The first kappa shape index (κ1) is 14.1. The summed E-state index contributed by atoms with van der Waals surface area (Å²) < 4.78 is 5.48. The Hall–Kier alpha value is -2.35. The molecule has 0 fully saturated rings. The van der Waals surface area contributed by atoms with Gasteiger partial charge >= 0.3 is 5.91 Å². The van der Waals surface area contributed by atoms with Gasteiger partial charge in [-0.15, -0.1) is 4.91 Å². The van der Waals surface area contributed by atoms with Crippen molar-refractivity contribution < 1.29 is 9.53 Å². The fourth-order valence-electron chi connectivity index (χ4n) is 1.72. The Bertz CT molecular complexity index is 548. The summed E-state index contributed by atoms with van der Waals surface area (Å²) >= 11 is 0. The topological polar surface area (TPSA) is 100 Å². The van der Waals surface area contributed by atoms with Gasteiger partial charge in [0, 0.05) is 24.0 Å². The summed E-state index contributed by atoms with van der Waals surface area (Å²) in [5.41, 5.74) is 2.87. The van der Waals surface area contributed by atoms with Crippen LogP contribution in [0.3, 0.4) is 0 Å². The minimum atomic E-state index is -0.836. The van der Waals surface area contributed by atoms with E-state index in [0.717, 1.165) is 0 Å². The van der Waals surface area contributed by atoms with E-state index in [9.17, 15) is 14.6 Å². The zero-order chi connectivity index (χ0) is 14.8. The van der Waals surface area contributed by atoms with E-state index in [0.29, 0.717) is 11.5 Å². The molecule has 0 spiro atoms. The molecule has 2 heterocycles. The second kappa shape index (κ2) is 5.33. The summed E-state index contributed by atoms with van der Waals surface area (Å²) in [7, 11) is 0. The molecule has 8 nitrogen and oxygen atoms in total. The Morgan fingerprint density at radius 2 is 2.25 bits per heavy atom. The van der Waals surface area contributed by atoms with E-state index in [4.69, 9.17) is 4.74 Å². The van der Waals surface area contributed by atoms with Crippen molar-refractivity contribution in [3.63, 3.8) is 0 Å². The lowest BCUT2D eigenvalue weighted by atomic mass is 10.1. The van der Waals surface area contributed by atoms with Gasteiger partial charge in [-0.05, 0) is 19.9 Å². The summed E-state index contributed by atoms with van der Waals surface area (Å²) in [6.07, 6.45) is 4.95. The van der Waals surface area contributed by atoms with Crippen LogP contribution in [-0.4, -0.2) is 29.6 Å². The van der Waals surface area contributed by atoms with Crippen LogP contribution in [0.4, 0.5) is 0 Å². The molecule has 0 aliphatic carbocycles. The highest BCUT2D eigenvalue weighted by Gasteiger charge is 2.28. The van der Waals surface area contributed by atoms with Crippen molar-refractivity contribution in [1.29, 1.82) is 0 Å². The van der Waals surface area contributed by atoms with Gasteiger partial charge in [0.2, 0.25) is 0 Å². The van der Waals surface area contributed by atoms with Crippen molar-refractivity contribution in [2.75, 3.05) is 13.2 Å². The second-order valence-electron chi connectivity index (χ2n) is 5.02. The number of nitrogens with zero attached hydrogens (tertiary/aromatic N) is 3. The van der Waals surface area contributed by atoms with Gasteiger partial charge in [-0.1, -0.05) is 5.18 Å². The van der Waals surface area contributed by atoms with Crippen molar-refractivity contribution in [2.24, 2.45) is 10.4 Å². The van der Waals surface area contributed by atoms with E-state index in [2.05, 4.69) is 15.8 Å². The SMILES string of the molecule is CC(C)(COC1=CC2=C(C(=O)N=O)CNN2C=C1)N=O. The van der Waals surface area contributed by atoms with Gasteiger partial charge in [-0.2, -0.15) is 4.91 Å². The summed E-state index contributed by atoms with van der Waals surface area (Å²) in [4.78, 5) is 32.3. The predicted molar refractivity (Wildman–Crippen MR) is 70.7 cm³/mol. The molecule has 0 radical (unpaired) electrons. The Morgan fingerprint density at radius 3 is 2.90 bits per heavy atom. The molecule has 0 aromatic carbocycles. The first-order valence-corrected chi connectivity index (χ1v) is 5.97. The predicted octanol–water partition coefficient (Wildman–Crippen LogP) is 1.33. The lowest BCUT2D eigenvalue weighted by molar-refractivity contribution is -0.114. The molecule has 20 heavy (non-hydrogen) atoms. The van der Waals surface area contributed by atoms with E-state index in [1.165, 1.54) is 0 Å². The van der Waals surface area contributed by atoms with E-state index in [-0.39, 0.29) is 18.7 Å². The van der Waals surface area contributed by atoms with Gasteiger partial charge in [0.05, 0.1) is 11.3 Å². The molecule has 1 amide bonds. The summed E-state index contributed by atoms with van der Waals surface area (Å²) in [5.74, 6) is -0.330. The molecular formula is C12H14N4O4. The maximum absolute atomic E-state index is 11.4. The molecule has 0 bridgehead atoms. The van der Waals surface area contributed by atoms with Crippen LogP contribution in [0.5, 0.6) is 0 Å². The molecule has 2 rings (SSSR count). The highest BCUT2D eigenvalue weighted by atomic mass is 16.5. The number of hydrogen-bond acceptors (Lipinski definition) is 7. The van der Waals surface area contributed by atoms with Crippen molar-refractivity contribution >= 4 is 5.91 Å². The Labute approximate surface area is 115 Å².